The quantitative estimate of drug-likeness (QED) is 0.788. The van der Waals surface area contributed by atoms with Gasteiger partial charge < -0.3 is 9.47 Å². The fraction of sp³-hybridized carbons (Fsp3) is 0.286. The number of benzene rings is 1. The molecule has 100 valence electrons. The van der Waals surface area contributed by atoms with Crippen LogP contribution in [0.4, 0.5) is 0 Å². The molecule has 0 amide bonds. The van der Waals surface area contributed by atoms with E-state index in [1.807, 2.05) is 24.3 Å². The predicted molar refractivity (Wildman–Crippen MR) is 74.2 cm³/mol. The summed E-state index contributed by atoms with van der Waals surface area (Å²) in [6, 6.07) is 7.87. The maximum Gasteiger partial charge on any atom is 0.357 e. The number of methoxy groups -OCH3 is 1. The molecule has 0 fully saturated rings. The SMILES string of the molecule is CCOC(=O)c1csc(-c2ccccc2COC)n1. The van der Waals surface area contributed by atoms with E-state index < -0.39 is 0 Å². The monoisotopic (exact) mass is 277 g/mol. The van der Waals surface area contributed by atoms with E-state index in [9.17, 15) is 4.79 Å². The van der Waals surface area contributed by atoms with Crippen molar-refractivity contribution in [1.82, 2.24) is 4.98 Å². The average molecular weight is 277 g/mol. The van der Waals surface area contributed by atoms with Crippen LogP contribution in [0, 0.1) is 0 Å². The molecule has 0 radical (unpaired) electrons. The van der Waals surface area contributed by atoms with Crippen LogP contribution in [-0.4, -0.2) is 24.7 Å². The maximum atomic E-state index is 11.6. The summed E-state index contributed by atoms with van der Waals surface area (Å²) in [6.45, 7) is 2.65. The molecule has 19 heavy (non-hydrogen) atoms. The van der Waals surface area contributed by atoms with E-state index in [0.717, 1.165) is 16.1 Å². The normalized spacial score (nSPS) is 10.4. The number of aromatic nitrogens is 1. The largest absolute Gasteiger partial charge is 0.461 e. The highest BCUT2D eigenvalue weighted by Gasteiger charge is 2.14. The van der Waals surface area contributed by atoms with Gasteiger partial charge in [0, 0.05) is 18.1 Å². The Balaban J connectivity index is 2.30. The molecule has 2 rings (SSSR count). The molecule has 2 aromatic rings. The van der Waals surface area contributed by atoms with Crippen LogP contribution in [0.1, 0.15) is 23.0 Å². The molecular formula is C14H15NO3S. The molecule has 0 unspecified atom stereocenters. The number of carbonyl (C=O) groups is 1. The molecule has 0 saturated heterocycles. The molecular weight excluding hydrogens is 262 g/mol. The number of esters is 1. The average Bonchev–Trinajstić information content (AvgIpc) is 2.90. The fourth-order valence-corrected chi connectivity index (χ4v) is 2.56. The lowest BCUT2D eigenvalue weighted by Gasteiger charge is -2.05. The minimum Gasteiger partial charge on any atom is -0.461 e. The van der Waals surface area contributed by atoms with E-state index >= 15 is 0 Å². The van der Waals surface area contributed by atoms with Gasteiger partial charge in [-0.15, -0.1) is 11.3 Å². The van der Waals surface area contributed by atoms with Gasteiger partial charge in [0.2, 0.25) is 0 Å². The van der Waals surface area contributed by atoms with Gasteiger partial charge in [-0.2, -0.15) is 0 Å². The summed E-state index contributed by atoms with van der Waals surface area (Å²) < 4.78 is 10.1. The van der Waals surface area contributed by atoms with Gasteiger partial charge in [-0.3, -0.25) is 0 Å². The molecule has 0 N–H and O–H groups in total. The first-order valence-corrected chi connectivity index (χ1v) is 6.84. The second-order valence-electron chi connectivity index (χ2n) is 3.85. The molecule has 5 heteroatoms. The molecule has 0 saturated carbocycles. The Kier molecular flexibility index (Phi) is 4.65. The van der Waals surface area contributed by atoms with Gasteiger partial charge in [-0.1, -0.05) is 24.3 Å². The zero-order chi connectivity index (χ0) is 13.7. The third-order valence-corrected chi connectivity index (χ3v) is 3.41. The van der Waals surface area contributed by atoms with E-state index in [1.54, 1.807) is 19.4 Å². The molecule has 0 spiro atoms. The summed E-state index contributed by atoms with van der Waals surface area (Å²) in [4.78, 5) is 15.9. The first kappa shape index (κ1) is 13.7. The van der Waals surface area contributed by atoms with Crippen LogP contribution in [0.3, 0.4) is 0 Å². The topological polar surface area (TPSA) is 48.4 Å². The third-order valence-electron chi connectivity index (χ3n) is 2.54. The Bertz CT molecular complexity index is 565. The number of rotatable bonds is 5. The van der Waals surface area contributed by atoms with Crippen LogP contribution < -0.4 is 0 Å². The molecule has 0 aliphatic carbocycles. The van der Waals surface area contributed by atoms with Crippen LogP contribution in [-0.2, 0) is 16.1 Å². The van der Waals surface area contributed by atoms with Crippen LogP contribution in [0.15, 0.2) is 29.6 Å². The van der Waals surface area contributed by atoms with E-state index in [0.29, 0.717) is 18.9 Å². The zero-order valence-electron chi connectivity index (χ0n) is 10.9. The van der Waals surface area contributed by atoms with E-state index in [1.165, 1.54) is 11.3 Å². The molecule has 4 nitrogen and oxygen atoms in total. The lowest BCUT2D eigenvalue weighted by molar-refractivity contribution is 0.0520. The first-order chi connectivity index (χ1) is 9.26. The first-order valence-electron chi connectivity index (χ1n) is 5.96. The van der Waals surface area contributed by atoms with E-state index in [4.69, 9.17) is 9.47 Å². The fourth-order valence-electron chi connectivity index (χ4n) is 1.71. The summed E-state index contributed by atoms with van der Waals surface area (Å²) in [5.74, 6) is -0.380. The number of carbonyl (C=O) groups excluding carboxylic acids is 1. The van der Waals surface area contributed by atoms with Gasteiger partial charge in [0.05, 0.1) is 13.2 Å². The Hall–Kier alpha value is -1.72. The third kappa shape index (κ3) is 3.19. The minimum absolute atomic E-state index is 0.353. The summed E-state index contributed by atoms with van der Waals surface area (Å²) in [5.41, 5.74) is 2.40. The molecule has 1 heterocycles. The maximum absolute atomic E-state index is 11.6. The number of thiazole rings is 1. The number of ether oxygens (including phenoxy) is 2. The molecule has 0 atom stereocenters. The number of hydrogen-bond donors (Lipinski definition) is 0. The summed E-state index contributed by atoms with van der Waals surface area (Å²) in [5, 5.41) is 2.52. The second-order valence-corrected chi connectivity index (χ2v) is 4.71. The standard InChI is InChI=1S/C14H15NO3S/c1-3-18-14(16)12-9-19-13(15-12)11-7-5-4-6-10(11)8-17-2/h4-7,9H,3,8H2,1-2H3. The van der Waals surface area contributed by atoms with Gasteiger partial charge >= 0.3 is 5.97 Å². The van der Waals surface area contributed by atoms with Crippen LogP contribution in [0.5, 0.6) is 0 Å². The number of hydrogen-bond acceptors (Lipinski definition) is 5. The van der Waals surface area contributed by atoms with Crippen molar-refractivity contribution in [3.63, 3.8) is 0 Å². The molecule has 1 aromatic heterocycles. The highest BCUT2D eigenvalue weighted by atomic mass is 32.1. The van der Waals surface area contributed by atoms with Crippen molar-refractivity contribution in [3.05, 3.63) is 40.9 Å². The van der Waals surface area contributed by atoms with Crippen molar-refractivity contribution in [1.29, 1.82) is 0 Å². The van der Waals surface area contributed by atoms with Gasteiger partial charge in [-0.25, -0.2) is 9.78 Å². The van der Waals surface area contributed by atoms with Crippen molar-refractivity contribution in [3.8, 4) is 10.6 Å². The summed E-state index contributed by atoms with van der Waals surface area (Å²) in [6.07, 6.45) is 0. The Morgan fingerprint density at radius 3 is 2.89 bits per heavy atom. The van der Waals surface area contributed by atoms with Crippen LogP contribution in [0.2, 0.25) is 0 Å². The highest BCUT2D eigenvalue weighted by molar-refractivity contribution is 7.13. The Morgan fingerprint density at radius 1 is 1.37 bits per heavy atom. The predicted octanol–water partition coefficient (Wildman–Crippen LogP) is 3.13. The van der Waals surface area contributed by atoms with Crippen molar-refractivity contribution >= 4 is 17.3 Å². The van der Waals surface area contributed by atoms with Crippen LogP contribution >= 0.6 is 11.3 Å². The Morgan fingerprint density at radius 2 is 2.16 bits per heavy atom. The lowest BCUT2D eigenvalue weighted by atomic mass is 10.1. The minimum atomic E-state index is -0.380. The van der Waals surface area contributed by atoms with Crippen molar-refractivity contribution < 1.29 is 14.3 Å². The number of nitrogens with zero attached hydrogens (tertiary/aromatic N) is 1. The van der Waals surface area contributed by atoms with Crippen molar-refractivity contribution in [2.75, 3.05) is 13.7 Å². The van der Waals surface area contributed by atoms with Crippen molar-refractivity contribution in [2.45, 2.75) is 13.5 Å². The molecule has 0 bridgehead atoms. The van der Waals surface area contributed by atoms with E-state index in [2.05, 4.69) is 4.98 Å². The van der Waals surface area contributed by atoms with Gasteiger partial charge in [0.25, 0.3) is 0 Å². The Labute approximate surface area is 116 Å². The van der Waals surface area contributed by atoms with Crippen LogP contribution in [0.25, 0.3) is 10.6 Å². The van der Waals surface area contributed by atoms with Gasteiger partial charge in [-0.05, 0) is 12.5 Å². The van der Waals surface area contributed by atoms with Gasteiger partial charge in [0.1, 0.15) is 5.01 Å². The lowest BCUT2D eigenvalue weighted by Crippen LogP contribution is -2.04. The van der Waals surface area contributed by atoms with Crippen molar-refractivity contribution in [2.24, 2.45) is 0 Å². The summed E-state index contributed by atoms with van der Waals surface area (Å²) >= 11 is 1.43. The zero-order valence-corrected chi connectivity index (χ0v) is 11.7. The summed E-state index contributed by atoms with van der Waals surface area (Å²) in [7, 11) is 1.66. The molecule has 1 aromatic carbocycles. The highest BCUT2D eigenvalue weighted by Crippen LogP contribution is 2.27. The second kappa shape index (κ2) is 6.45. The van der Waals surface area contributed by atoms with E-state index in [-0.39, 0.29) is 5.97 Å². The van der Waals surface area contributed by atoms with Gasteiger partial charge in [0.15, 0.2) is 5.69 Å². The molecule has 0 aliphatic heterocycles. The molecule has 0 aliphatic rings. The smallest absolute Gasteiger partial charge is 0.357 e.